The first kappa shape index (κ1) is 16.2. The first-order valence-electron chi connectivity index (χ1n) is 7.26. The van der Waals surface area contributed by atoms with Gasteiger partial charge in [-0.2, -0.15) is 0 Å². The summed E-state index contributed by atoms with van der Waals surface area (Å²) >= 11 is 0. The van der Waals surface area contributed by atoms with Crippen LogP contribution in [0, 0.1) is 0 Å². The maximum Gasteiger partial charge on any atom is 0.410 e. The van der Waals surface area contributed by atoms with Crippen molar-refractivity contribution in [3.05, 3.63) is 0 Å². The van der Waals surface area contributed by atoms with E-state index in [2.05, 4.69) is 12.2 Å². The number of nitrogens with two attached hydrogens (primary N) is 1. The Balaban J connectivity index is 2.39. The molecule has 0 aromatic carbocycles. The van der Waals surface area contributed by atoms with Crippen LogP contribution in [0.2, 0.25) is 0 Å². The van der Waals surface area contributed by atoms with Gasteiger partial charge in [-0.05, 0) is 53.5 Å². The van der Waals surface area contributed by atoms with Gasteiger partial charge in [0.2, 0.25) is 0 Å². The Kier molecular flexibility index (Phi) is 6.07. The summed E-state index contributed by atoms with van der Waals surface area (Å²) in [5.74, 6) is 0. The lowest BCUT2D eigenvalue weighted by Gasteiger charge is -2.29. The molecular formula is C14H29N3O2. The van der Waals surface area contributed by atoms with E-state index in [0.29, 0.717) is 18.6 Å². The number of hydrogen-bond donors (Lipinski definition) is 2. The number of nitrogens with zero attached hydrogens (tertiary/aromatic N) is 1. The van der Waals surface area contributed by atoms with Crippen LogP contribution in [0.1, 0.15) is 47.0 Å². The molecule has 0 bridgehead atoms. The summed E-state index contributed by atoms with van der Waals surface area (Å²) in [4.78, 5) is 14.0. The lowest BCUT2D eigenvalue weighted by atomic mass is 10.1. The molecule has 0 radical (unpaired) electrons. The molecule has 1 saturated heterocycles. The van der Waals surface area contributed by atoms with Gasteiger partial charge in [0.25, 0.3) is 0 Å². The van der Waals surface area contributed by atoms with Crippen molar-refractivity contribution >= 4 is 6.09 Å². The molecule has 1 aliphatic heterocycles. The van der Waals surface area contributed by atoms with E-state index >= 15 is 0 Å². The van der Waals surface area contributed by atoms with Crippen LogP contribution >= 0.6 is 0 Å². The van der Waals surface area contributed by atoms with Crippen molar-refractivity contribution < 1.29 is 9.53 Å². The third kappa shape index (κ3) is 5.78. The minimum atomic E-state index is -0.420. The highest BCUT2D eigenvalue weighted by atomic mass is 16.6. The lowest BCUT2D eigenvalue weighted by Crippen LogP contribution is -2.42. The third-order valence-electron chi connectivity index (χ3n) is 3.33. The second-order valence-corrected chi connectivity index (χ2v) is 6.35. The lowest BCUT2D eigenvalue weighted by molar-refractivity contribution is 0.0220. The van der Waals surface area contributed by atoms with Gasteiger partial charge in [-0.1, -0.05) is 0 Å². The van der Waals surface area contributed by atoms with Crippen molar-refractivity contribution in [2.24, 2.45) is 5.73 Å². The Bertz CT molecular complexity index is 289. The van der Waals surface area contributed by atoms with Crippen LogP contribution in [0.5, 0.6) is 0 Å². The van der Waals surface area contributed by atoms with E-state index in [9.17, 15) is 4.79 Å². The fourth-order valence-corrected chi connectivity index (χ4v) is 2.28. The van der Waals surface area contributed by atoms with Gasteiger partial charge >= 0.3 is 6.09 Å². The molecule has 2 unspecified atom stereocenters. The zero-order valence-electron chi connectivity index (χ0n) is 12.7. The quantitative estimate of drug-likeness (QED) is 0.799. The summed E-state index contributed by atoms with van der Waals surface area (Å²) in [5, 5.41) is 3.36. The minimum absolute atomic E-state index is 0.179. The highest BCUT2D eigenvalue weighted by molar-refractivity contribution is 5.68. The number of likely N-dealkylation sites (tertiary alicyclic amines) is 1. The number of carbonyl (C=O) groups excluding carboxylic acids is 1. The van der Waals surface area contributed by atoms with Gasteiger partial charge in [-0.25, -0.2) is 4.79 Å². The van der Waals surface area contributed by atoms with Gasteiger partial charge in [0.15, 0.2) is 0 Å². The van der Waals surface area contributed by atoms with Crippen molar-refractivity contribution in [1.82, 2.24) is 10.2 Å². The molecule has 0 aromatic heterocycles. The van der Waals surface area contributed by atoms with Crippen molar-refractivity contribution in [3.8, 4) is 0 Å². The van der Waals surface area contributed by atoms with Crippen LogP contribution in [-0.2, 0) is 4.74 Å². The van der Waals surface area contributed by atoms with E-state index in [1.807, 2.05) is 25.7 Å². The Morgan fingerprint density at radius 3 is 2.79 bits per heavy atom. The van der Waals surface area contributed by atoms with Crippen molar-refractivity contribution in [2.45, 2.75) is 64.6 Å². The van der Waals surface area contributed by atoms with E-state index < -0.39 is 5.60 Å². The van der Waals surface area contributed by atoms with E-state index in [1.165, 1.54) is 0 Å². The van der Waals surface area contributed by atoms with Gasteiger partial charge in [0.05, 0.1) is 0 Å². The molecule has 1 heterocycles. The van der Waals surface area contributed by atoms with Crippen molar-refractivity contribution in [3.63, 3.8) is 0 Å². The van der Waals surface area contributed by atoms with E-state index in [0.717, 1.165) is 32.4 Å². The van der Waals surface area contributed by atoms with Crippen LogP contribution in [0.25, 0.3) is 0 Å². The normalized spacial score (nSPS) is 21.5. The first-order chi connectivity index (χ1) is 8.83. The minimum Gasteiger partial charge on any atom is -0.444 e. The molecule has 19 heavy (non-hydrogen) atoms. The standard InChI is InChI=1S/C14H29N3O2/c1-11(10-15)16-8-7-12-6-5-9-17(12)13(18)19-14(2,3)4/h11-12,16H,5-10,15H2,1-4H3. The summed E-state index contributed by atoms with van der Waals surface area (Å²) in [6.07, 6.45) is 2.92. The highest BCUT2D eigenvalue weighted by Gasteiger charge is 2.31. The van der Waals surface area contributed by atoms with E-state index in [-0.39, 0.29) is 6.09 Å². The number of carbonyl (C=O) groups is 1. The fourth-order valence-electron chi connectivity index (χ4n) is 2.28. The van der Waals surface area contributed by atoms with Gasteiger partial charge in [-0.3, -0.25) is 0 Å². The average Bonchev–Trinajstić information content (AvgIpc) is 2.75. The average molecular weight is 271 g/mol. The number of rotatable bonds is 5. The maximum absolute atomic E-state index is 12.1. The number of nitrogens with one attached hydrogen (secondary N) is 1. The van der Waals surface area contributed by atoms with E-state index in [4.69, 9.17) is 10.5 Å². The van der Waals surface area contributed by atoms with Gasteiger partial charge in [-0.15, -0.1) is 0 Å². The van der Waals surface area contributed by atoms with Gasteiger partial charge in [0, 0.05) is 25.2 Å². The van der Waals surface area contributed by atoms with Crippen molar-refractivity contribution in [2.75, 3.05) is 19.6 Å². The predicted octanol–water partition coefficient (Wildman–Crippen LogP) is 1.71. The zero-order chi connectivity index (χ0) is 14.5. The Morgan fingerprint density at radius 2 is 2.21 bits per heavy atom. The molecule has 1 amide bonds. The summed E-state index contributed by atoms with van der Waals surface area (Å²) in [7, 11) is 0. The fraction of sp³-hybridized carbons (Fsp3) is 0.929. The molecule has 0 spiro atoms. The molecular weight excluding hydrogens is 242 g/mol. The molecule has 112 valence electrons. The van der Waals surface area contributed by atoms with Crippen LogP contribution < -0.4 is 11.1 Å². The molecule has 0 saturated carbocycles. The Labute approximate surface area is 116 Å². The predicted molar refractivity (Wildman–Crippen MR) is 77.1 cm³/mol. The molecule has 1 fully saturated rings. The molecule has 0 aromatic rings. The summed E-state index contributed by atoms with van der Waals surface area (Å²) in [6, 6.07) is 0.628. The zero-order valence-corrected chi connectivity index (χ0v) is 12.7. The van der Waals surface area contributed by atoms with Crippen LogP contribution in [0.3, 0.4) is 0 Å². The smallest absolute Gasteiger partial charge is 0.410 e. The van der Waals surface area contributed by atoms with Crippen LogP contribution in [0.4, 0.5) is 4.79 Å². The van der Waals surface area contributed by atoms with Gasteiger partial charge in [0.1, 0.15) is 5.60 Å². The SMILES string of the molecule is CC(CN)NCCC1CCCN1C(=O)OC(C)(C)C. The molecule has 3 N–H and O–H groups in total. The molecule has 0 aliphatic carbocycles. The summed E-state index contributed by atoms with van der Waals surface area (Å²) in [5.41, 5.74) is 5.14. The van der Waals surface area contributed by atoms with E-state index in [1.54, 1.807) is 0 Å². The van der Waals surface area contributed by atoms with Crippen molar-refractivity contribution in [1.29, 1.82) is 0 Å². The molecule has 5 nitrogen and oxygen atoms in total. The molecule has 2 atom stereocenters. The Hall–Kier alpha value is -0.810. The van der Waals surface area contributed by atoms with Crippen LogP contribution in [-0.4, -0.2) is 48.3 Å². The molecule has 1 aliphatic rings. The number of amides is 1. The molecule has 5 heteroatoms. The second-order valence-electron chi connectivity index (χ2n) is 6.35. The third-order valence-corrected chi connectivity index (χ3v) is 3.33. The monoisotopic (exact) mass is 271 g/mol. The molecule has 1 rings (SSSR count). The summed E-state index contributed by atoms with van der Waals surface area (Å²) in [6.45, 7) is 10.1. The van der Waals surface area contributed by atoms with Gasteiger partial charge < -0.3 is 20.7 Å². The second kappa shape index (κ2) is 7.10. The van der Waals surface area contributed by atoms with Crippen LogP contribution in [0.15, 0.2) is 0 Å². The number of hydrogen-bond acceptors (Lipinski definition) is 4. The number of ether oxygens (including phenoxy) is 1. The summed E-state index contributed by atoms with van der Waals surface area (Å²) < 4.78 is 5.45. The maximum atomic E-state index is 12.1. The highest BCUT2D eigenvalue weighted by Crippen LogP contribution is 2.22. The largest absolute Gasteiger partial charge is 0.444 e. The Morgan fingerprint density at radius 1 is 1.53 bits per heavy atom. The first-order valence-corrected chi connectivity index (χ1v) is 7.26. The topological polar surface area (TPSA) is 67.6 Å².